The molecule has 31 heavy (non-hydrogen) atoms. The van der Waals surface area contributed by atoms with E-state index in [2.05, 4.69) is 63.0 Å². The lowest BCUT2D eigenvalue weighted by molar-refractivity contribution is 0.0460. The van der Waals surface area contributed by atoms with Crippen LogP contribution in [-0.2, 0) is 0 Å². The zero-order chi connectivity index (χ0) is 21.5. The predicted octanol–water partition coefficient (Wildman–Crippen LogP) is 4.23. The van der Waals surface area contributed by atoms with E-state index in [-0.39, 0.29) is 6.61 Å². The summed E-state index contributed by atoms with van der Waals surface area (Å²) >= 11 is 1.70. The lowest BCUT2D eigenvalue weighted by Gasteiger charge is -2.35. The summed E-state index contributed by atoms with van der Waals surface area (Å²) in [6.07, 6.45) is 1.05. The van der Waals surface area contributed by atoms with Gasteiger partial charge in [0.1, 0.15) is 18.5 Å². The summed E-state index contributed by atoms with van der Waals surface area (Å²) in [6.45, 7) is 5.80. The Bertz CT molecular complexity index is 1010. The maximum atomic E-state index is 10.5. The van der Waals surface area contributed by atoms with Crippen LogP contribution in [0.15, 0.2) is 53.2 Å². The van der Waals surface area contributed by atoms with Crippen LogP contribution in [0.4, 0.5) is 0 Å². The molecule has 0 bridgehead atoms. The third kappa shape index (κ3) is 6.05. The molecule has 1 saturated heterocycles. The highest BCUT2D eigenvalue weighted by Gasteiger charge is 2.19. The standard InChI is InChI=1S/C25H29N3O2S/c26-8-1-2-9-27-10-12-28(13-11-27)17-24(29)18-30-25-6-5-20-3-4-21(15-23(20)16-25)22-7-14-31-19-22/h3-7,14-16,19,24,29H,1-2,9-13,17-18H2. The van der Waals surface area contributed by atoms with Gasteiger partial charge in [-0.1, -0.05) is 18.2 Å². The van der Waals surface area contributed by atoms with Crippen molar-refractivity contribution in [2.75, 3.05) is 45.9 Å². The number of thiophene rings is 1. The van der Waals surface area contributed by atoms with Crippen LogP contribution in [0.1, 0.15) is 12.8 Å². The second-order valence-corrected chi connectivity index (χ2v) is 8.88. The minimum absolute atomic E-state index is 0.290. The van der Waals surface area contributed by atoms with Crippen molar-refractivity contribution in [3.05, 3.63) is 53.2 Å². The first-order chi connectivity index (χ1) is 15.2. The van der Waals surface area contributed by atoms with Crippen LogP contribution in [0.25, 0.3) is 21.9 Å². The van der Waals surface area contributed by atoms with Gasteiger partial charge < -0.3 is 14.7 Å². The van der Waals surface area contributed by atoms with Crippen molar-refractivity contribution in [3.8, 4) is 22.9 Å². The second-order valence-electron chi connectivity index (χ2n) is 8.10. The molecule has 0 amide bonds. The monoisotopic (exact) mass is 435 g/mol. The Balaban J connectivity index is 1.26. The maximum Gasteiger partial charge on any atom is 0.120 e. The molecule has 1 unspecified atom stereocenters. The van der Waals surface area contributed by atoms with E-state index in [9.17, 15) is 5.11 Å². The van der Waals surface area contributed by atoms with Crippen LogP contribution in [-0.4, -0.2) is 66.9 Å². The minimum Gasteiger partial charge on any atom is -0.491 e. The highest BCUT2D eigenvalue weighted by atomic mass is 32.1. The van der Waals surface area contributed by atoms with Gasteiger partial charge in [0.25, 0.3) is 0 Å². The lowest BCUT2D eigenvalue weighted by atomic mass is 10.0. The van der Waals surface area contributed by atoms with E-state index in [1.165, 1.54) is 16.5 Å². The van der Waals surface area contributed by atoms with Crippen molar-refractivity contribution in [1.82, 2.24) is 9.80 Å². The van der Waals surface area contributed by atoms with Gasteiger partial charge in [-0.25, -0.2) is 0 Å². The van der Waals surface area contributed by atoms with E-state index < -0.39 is 6.10 Å². The van der Waals surface area contributed by atoms with Gasteiger partial charge in [-0.15, -0.1) is 0 Å². The predicted molar refractivity (Wildman–Crippen MR) is 126 cm³/mol. The third-order valence-corrected chi connectivity index (χ3v) is 6.49. The molecule has 1 aliphatic heterocycles. The average molecular weight is 436 g/mol. The molecular weight excluding hydrogens is 406 g/mol. The van der Waals surface area contributed by atoms with Crippen LogP contribution in [0.2, 0.25) is 0 Å². The van der Waals surface area contributed by atoms with E-state index in [0.717, 1.165) is 50.3 Å². The fourth-order valence-corrected chi connectivity index (χ4v) is 4.71. The van der Waals surface area contributed by atoms with E-state index >= 15 is 0 Å². The molecule has 5 nitrogen and oxygen atoms in total. The number of aliphatic hydroxyl groups excluding tert-OH is 1. The number of hydrogen-bond donors (Lipinski definition) is 1. The Morgan fingerprint density at radius 2 is 1.81 bits per heavy atom. The molecule has 2 heterocycles. The Morgan fingerprint density at radius 1 is 1.00 bits per heavy atom. The van der Waals surface area contributed by atoms with Crippen molar-refractivity contribution < 1.29 is 9.84 Å². The van der Waals surface area contributed by atoms with Crippen LogP contribution < -0.4 is 4.74 Å². The highest BCUT2D eigenvalue weighted by Crippen LogP contribution is 2.28. The second kappa shape index (κ2) is 10.7. The SMILES string of the molecule is N#CCCCN1CCN(CC(O)COc2ccc3ccc(-c4ccsc4)cc3c2)CC1. The summed E-state index contributed by atoms with van der Waals surface area (Å²) in [5.74, 6) is 0.788. The van der Waals surface area contributed by atoms with Crippen molar-refractivity contribution in [1.29, 1.82) is 5.26 Å². The van der Waals surface area contributed by atoms with Gasteiger partial charge in [0, 0.05) is 39.1 Å². The summed E-state index contributed by atoms with van der Waals surface area (Å²) in [4.78, 5) is 4.69. The van der Waals surface area contributed by atoms with E-state index in [4.69, 9.17) is 10.00 Å². The van der Waals surface area contributed by atoms with Gasteiger partial charge in [0.05, 0.1) is 6.07 Å². The molecule has 4 rings (SSSR count). The zero-order valence-electron chi connectivity index (χ0n) is 17.7. The Kier molecular flexibility index (Phi) is 7.55. The van der Waals surface area contributed by atoms with Gasteiger partial charge in [-0.3, -0.25) is 4.90 Å². The van der Waals surface area contributed by atoms with Crippen molar-refractivity contribution in [2.45, 2.75) is 18.9 Å². The summed E-state index contributed by atoms with van der Waals surface area (Å²) < 4.78 is 5.92. The number of benzene rings is 2. The van der Waals surface area contributed by atoms with Crippen molar-refractivity contribution in [2.24, 2.45) is 0 Å². The molecule has 0 radical (unpaired) electrons. The van der Waals surface area contributed by atoms with Crippen LogP contribution in [0.5, 0.6) is 5.75 Å². The first-order valence-corrected chi connectivity index (χ1v) is 11.8. The van der Waals surface area contributed by atoms with Crippen LogP contribution in [0, 0.1) is 11.3 Å². The quantitative estimate of drug-likeness (QED) is 0.510. The van der Waals surface area contributed by atoms with E-state index in [1.807, 2.05) is 6.07 Å². The van der Waals surface area contributed by atoms with Crippen LogP contribution >= 0.6 is 11.3 Å². The van der Waals surface area contributed by atoms with Crippen molar-refractivity contribution >= 4 is 22.1 Å². The molecule has 3 aromatic rings. The molecule has 1 aliphatic rings. The number of hydrogen-bond acceptors (Lipinski definition) is 6. The highest BCUT2D eigenvalue weighted by molar-refractivity contribution is 7.08. The summed E-state index contributed by atoms with van der Waals surface area (Å²) in [5, 5.41) is 25.7. The van der Waals surface area contributed by atoms with Gasteiger partial charge in [-0.2, -0.15) is 16.6 Å². The number of nitrogens with zero attached hydrogens (tertiary/aromatic N) is 3. The largest absolute Gasteiger partial charge is 0.491 e. The minimum atomic E-state index is -0.516. The van der Waals surface area contributed by atoms with E-state index in [1.54, 1.807) is 11.3 Å². The number of rotatable bonds is 9. The lowest BCUT2D eigenvalue weighted by Crippen LogP contribution is -2.49. The number of unbranched alkanes of at least 4 members (excludes halogenated alkanes) is 1. The molecule has 1 N–H and O–H groups in total. The Hall–Kier alpha value is -2.43. The van der Waals surface area contributed by atoms with Gasteiger partial charge in [0.2, 0.25) is 0 Å². The molecule has 162 valence electrons. The first kappa shape index (κ1) is 21.8. The molecule has 0 saturated carbocycles. The summed E-state index contributed by atoms with van der Waals surface area (Å²) in [5.41, 5.74) is 2.44. The number of fused-ring (bicyclic) bond motifs is 1. The van der Waals surface area contributed by atoms with Crippen molar-refractivity contribution in [3.63, 3.8) is 0 Å². The first-order valence-electron chi connectivity index (χ1n) is 10.9. The maximum absolute atomic E-state index is 10.5. The molecule has 0 aliphatic carbocycles. The molecule has 0 spiro atoms. The molecule has 1 aromatic heterocycles. The summed E-state index contributed by atoms with van der Waals surface area (Å²) in [6, 6.07) is 16.9. The van der Waals surface area contributed by atoms with Gasteiger partial charge in [-0.05, 0) is 69.9 Å². The number of ether oxygens (including phenoxy) is 1. The molecule has 1 atom stereocenters. The van der Waals surface area contributed by atoms with Gasteiger partial charge >= 0.3 is 0 Å². The normalized spacial score (nSPS) is 16.3. The average Bonchev–Trinajstić information content (AvgIpc) is 3.33. The molecule has 2 aromatic carbocycles. The molecular formula is C25H29N3O2S. The zero-order valence-corrected chi connectivity index (χ0v) is 18.6. The number of aliphatic hydroxyl groups is 1. The van der Waals surface area contributed by atoms with E-state index in [0.29, 0.717) is 13.0 Å². The Morgan fingerprint density at radius 3 is 2.58 bits per heavy atom. The molecule has 1 fully saturated rings. The number of piperazine rings is 1. The fourth-order valence-electron chi connectivity index (χ4n) is 4.04. The topological polar surface area (TPSA) is 59.7 Å². The number of nitriles is 1. The summed E-state index contributed by atoms with van der Waals surface area (Å²) in [7, 11) is 0. The molecule has 6 heteroatoms. The van der Waals surface area contributed by atoms with Crippen LogP contribution in [0.3, 0.4) is 0 Å². The number of β-amino-alcohol motifs (C(OH)–C–C–N with tert-alkyl or cyclic N) is 1. The third-order valence-electron chi connectivity index (χ3n) is 5.81. The fraction of sp³-hybridized carbons (Fsp3) is 0.400. The Labute approximate surface area is 188 Å². The smallest absolute Gasteiger partial charge is 0.120 e. The van der Waals surface area contributed by atoms with Gasteiger partial charge in [0.15, 0.2) is 0 Å².